The zero-order chi connectivity index (χ0) is 13.2. The van der Waals surface area contributed by atoms with Gasteiger partial charge in [0.25, 0.3) is 0 Å². The van der Waals surface area contributed by atoms with E-state index in [4.69, 9.17) is 4.74 Å². The number of hydrogen-bond donors (Lipinski definition) is 0. The highest BCUT2D eigenvalue weighted by Gasteiger charge is 2.33. The Morgan fingerprint density at radius 3 is 3.00 bits per heavy atom. The van der Waals surface area contributed by atoms with E-state index in [-0.39, 0.29) is 17.0 Å². The first-order chi connectivity index (χ1) is 9.35. The van der Waals surface area contributed by atoms with Gasteiger partial charge in [-0.3, -0.25) is 4.99 Å². The summed E-state index contributed by atoms with van der Waals surface area (Å²) in [6, 6.07) is 6.25. The second-order valence-electron chi connectivity index (χ2n) is 4.67. The number of nitrogens with zero attached hydrogens (tertiary/aromatic N) is 3. The van der Waals surface area contributed by atoms with Gasteiger partial charge < -0.3 is 14.5 Å². The van der Waals surface area contributed by atoms with E-state index < -0.39 is 0 Å². The van der Waals surface area contributed by atoms with Gasteiger partial charge in [-0.15, -0.1) is 23.6 Å². The van der Waals surface area contributed by atoms with Gasteiger partial charge in [0.05, 0.1) is 18.0 Å². The summed E-state index contributed by atoms with van der Waals surface area (Å²) in [7, 11) is 0. The van der Waals surface area contributed by atoms with Crippen LogP contribution in [0.25, 0.3) is 0 Å². The lowest BCUT2D eigenvalue weighted by molar-refractivity contribution is 0.340. The number of ether oxygens (including phenoxy) is 1. The van der Waals surface area contributed by atoms with Crippen molar-refractivity contribution in [2.75, 3.05) is 36.0 Å². The van der Waals surface area contributed by atoms with Crippen LogP contribution in [0.5, 0.6) is 5.75 Å². The van der Waals surface area contributed by atoms with E-state index in [1.807, 2.05) is 19.1 Å². The quantitative estimate of drug-likeness (QED) is 0.789. The lowest BCUT2D eigenvalue weighted by Gasteiger charge is -2.26. The number of benzene rings is 1. The molecule has 0 N–H and O–H groups in total. The van der Waals surface area contributed by atoms with Crippen molar-refractivity contribution in [2.45, 2.75) is 13.3 Å². The molecule has 0 amide bonds. The molecule has 0 aliphatic carbocycles. The van der Waals surface area contributed by atoms with E-state index in [0.29, 0.717) is 6.61 Å². The third-order valence-electron chi connectivity index (χ3n) is 3.43. The summed E-state index contributed by atoms with van der Waals surface area (Å²) in [4.78, 5) is 9.16. The molecule has 0 bridgehead atoms. The molecule has 2 aliphatic heterocycles. The number of guanidine groups is 1. The van der Waals surface area contributed by atoms with Crippen LogP contribution in [-0.2, 0) is 0 Å². The molecule has 0 fully saturated rings. The van der Waals surface area contributed by atoms with Gasteiger partial charge in [0.1, 0.15) is 5.75 Å². The molecule has 20 heavy (non-hydrogen) atoms. The molecule has 5 heteroatoms. The fraction of sp³-hybridized carbons (Fsp3) is 0.400. The van der Waals surface area contributed by atoms with Gasteiger partial charge in [0.15, 0.2) is 0 Å². The number of anilines is 2. The average Bonchev–Trinajstić information content (AvgIpc) is 2.75. The van der Waals surface area contributed by atoms with Crippen LogP contribution >= 0.6 is 17.0 Å². The molecule has 0 spiro atoms. The van der Waals surface area contributed by atoms with Crippen LogP contribution < -0.4 is 14.5 Å². The Morgan fingerprint density at radius 2 is 2.25 bits per heavy atom. The van der Waals surface area contributed by atoms with E-state index in [0.717, 1.165) is 37.8 Å². The van der Waals surface area contributed by atoms with Crippen molar-refractivity contribution in [3.05, 3.63) is 30.9 Å². The van der Waals surface area contributed by atoms with Crippen molar-refractivity contribution in [2.24, 2.45) is 4.99 Å². The summed E-state index contributed by atoms with van der Waals surface area (Å²) in [6.07, 6.45) is 3.02. The summed E-state index contributed by atoms with van der Waals surface area (Å²) in [5.74, 6) is 1.97. The van der Waals surface area contributed by atoms with Gasteiger partial charge in [0, 0.05) is 25.7 Å². The molecule has 3 rings (SSSR count). The van der Waals surface area contributed by atoms with Crippen LogP contribution in [-0.4, -0.2) is 32.2 Å². The van der Waals surface area contributed by atoms with Crippen molar-refractivity contribution in [1.29, 1.82) is 0 Å². The van der Waals surface area contributed by atoms with Crippen molar-refractivity contribution < 1.29 is 4.74 Å². The first-order valence-electron chi connectivity index (χ1n) is 6.82. The fourth-order valence-corrected chi connectivity index (χ4v) is 2.67. The Labute approximate surface area is 130 Å². The molecular weight excluding hydrogens is 318 g/mol. The number of fused-ring (bicyclic) bond motifs is 3. The molecule has 1 aromatic carbocycles. The topological polar surface area (TPSA) is 28.1 Å². The molecule has 2 heterocycles. The van der Waals surface area contributed by atoms with Gasteiger partial charge >= 0.3 is 0 Å². The highest BCUT2D eigenvalue weighted by Crippen LogP contribution is 2.40. The van der Waals surface area contributed by atoms with E-state index >= 15 is 0 Å². The first kappa shape index (κ1) is 14.9. The highest BCUT2D eigenvalue weighted by molar-refractivity contribution is 8.93. The van der Waals surface area contributed by atoms with Crippen LogP contribution in [0, 0.1) is 0 Å². The van der Waals surface area contributed by atoms with Crippen molar-refractivity contribution in [3.8, 4) is 5.75 Å². The number of rotatable bonds is 4. The largest absolute Gasteiger partial charge is 0.494 e. The standard InChI is InChI=1S/C15H19N3O.BrH/c1-3-9-17-13-7-6-12(19-4-2)11-14(13)18-10-5-8-16-15(17)18;/h3,6-7,11H,1,4-5,8-10H2,2H3;1H. The second kappa shape index (κ2) is 6.31. The third kappa shape index (κ3) is 2.42. The zero-order valence-electron chi connectivity index (χ0n) is 11.7. The van der Waals surface area contributed by atoms with E-state index in [1.54, 1.807) is 0 Å². The Bertz CT molecular complexity index is 530. The van der Waals surface area contributed by atoms with Gasteiger partial charge in [0.2, 0.25) is 5.96 Å². The Morgan fingerprint density at radius 1 is 1.40 bits per heavy atom. The Kier molecular flexibility index (Phi) is 4.70. The third-order valence-corrected chi connectivity index (χ3v) is 3.43. The number of aliphatic imine (C=N–C) groups is 1. The molecule has 0 saturated carbocycles. The summed E-state index contributed by atoms with van der Waals surface area (Å²) in [6.45, 7) is 9.26. The summed E-state index contributed by atoms with van der Waals surface area (Å²) in [5, 5.41) is 0. The van der Waals surface area contributed by atoms with E-state index in [9.17, 15) is 0 Å². The monoisotopic (exact) mass is 337 g/mol. The maximum Gasteiger partial charge on any atom is 0.206 e. The van der Waals surface area contributed by atoms with Gasteiger partial charge in [-0.05, 0) is 25.5 Å². The maximum atomic E-state index is 5.60. The number of halogens is 1. The summed E-state index contributed by atoms with van der Waals surface area (Å²) in [5.41, 5.74) is 2.40. The predicted molar refractivity (Wildman–Crippen MR) is 89.7 cm³/mol. The SMILES string of the molecule is Br.C=CCN1C2=NCCCN2c2cc(OCC)ccc21. The van der Waals surface area contributed by atoms with Crippen molar-refractivity contribution in [3.63, 3.8) is 0 Å². The molecule has 0 atom stereocenters. The van der Waals surface area contributed by atoms with Gasteiger partial charge in [-0.25, -0.2) is 0 Å². The van der Waals surface area contributed by atoms with Crippen LogP contribution in [0.1, 0.15) is 13.3 Å². The van der Waals surface area contributed by atoms with Crippen molar-refractivity contribution >= 4 is 34.3 Å². The van der Waals surface area contributed by atoms with Gasteiger partial charge in [-0.2, -0.15) is 0 Å². The lowest BCUT2D eigenvalue weighted by atomic mass is 10.2. The predicted octanol–water partition coefficient (Wildman–Crippen LogP) is 3.24. The van der Waals surface area contributed by atoms with E-state index in [1.165, 1.54) is 11.4 Å². The molecule has 0 unspecified atom stereocenters. The first-order valence-corrected chi connectivity index (χ1v) is 6.82. The Hall–Kier alpha value is -1.49. The summed E-state index contributed by atoms with van der Waals surface area (Å²) >= 11 is 0. The highest BCUT2D eigenvalue weighted by atomic mass is 79.9. The zero-order valence-corrected chi connectivity index (χ0v) is 13.4. The van der Waals surface area contributed by atoms with Crippen LogP contribution in [0.3, 0.4) is 0 Å². The van der Waals surface area contributed by atoms with Crippen molar-refractivity contribution in [1.82, 2.24) is 0 Å². The van der Waals surface area contributed by atoms with Crippen LogP contribution in [0.2, 0.25) is 0 Å². The smallest absolute Gasteiger partial charge is 0.206 e. The molecule has 1 aromatic rings. The molecule has 0 aromatic heterocycles. The minimum absolute atomic E-state index is 0. The minimum Gasteiger partial charge on any atom is -0.494 e. The Balaban J connectivity index is 0.00000147. The average molecular weight is 338 g/mol. The fourth-order valence-electron chi connectivity index (χ4n) is 2.67. The second-order valence-corrected chi connectivity index (χ2v) is 4.67. The number of hydrogen-bond acceptors (Lipinski definition) is 4. The molecule has 2 aliphatic rings. The van der Waals surface area contributed by atoms with E-state index in [2.05, 4.69) is 33.5 Å². The van der Waals surface area contributed by atoms with Crippen LogP contribution in [0.4, 0.5) is 11.4 Å². The molecule has 108 valence electrons. The molecule has 4 nitrogen and oxygen atoms in total. The minimum atomic E-state index is 0. The normalized spacial score (nSPS) is 15.9. The molecule has 0 saturated heterocycles. The van der Waals surface area contributed by atoms with Gasteiger partial charge in [-0.1, -0.05) is 6.08 Å². The van der Waals surface area contributed by atoms with Crippen LogP contribution in [0.15, 0.2) is 35.8 Å². The lowest BCUT2D eigenvalue weighted by Crippen LogP contribution is -2.41. The molecular formula is C15H20BrN3O. The summed E-state index contributed by atoms with van der Waals surface area (Å²) < 4.78 is 5.60. The molecule has 0 radical (unpaired) electrons. The maximum absolute atomic E-state index is 5.60.